The topological polar surface area (TPSA) is 131 Å². The summed E-state index contributed by atoms with van der Waals surface area (Å²) in [5.74, 6) is -1.71. The van der Waals surface area contributed by atoms with Crippen molar-refractivity contribution in [3.8, 4) is 0 Å². The molecule has 0 aliphatic carbocycles. The molecule has 0 radical (unpaired) electrons. The van der Waals surface area contributed by atoms with Gasteiger partial charge in [-0.25, -0.2) is 4.90 Å². The van der Waals surface area contributed by atoms with Crippen LogP contribution in [0.2, 0.25) is 0 Å². The lowest BCUT2D eigenvalue weighted by molar-refractivity contribution is -0.126. The molecule has 1 heterocycles. The van der Waals surface area contributed by atoms with Crippen LogP contribution in [-0.4, -0.2) is 32.7 Å². The highest BCUT2D eigenvalue weighted by Crippen LogP contribution is 2.14. The van der Waals surface area contributed by atoms with E-state index < -0.39 is 11.8 Å². The molecule has 0 atom stereocenters. The molecule has 0 saturated heterocycles. The molecule has 1 aromatic rings. The first-order valence-electron chi connectivity index (χ1n) is 6.60. The molecule has 0 bridgehead atoms. The minimum atomic E-state index is -0.458. The van der Waals surface area contributed by atoms with Gasteiger partial charge in [0.25, 0.3) is 0 Å². The molecular formula is C12H18N6O3. The summed E-state index contributed by atoms with van der Waals surface area (Å²) < 4.78 is 0. The summed E-state index contributed by atoms with van der Waals surface area (Å²) in [6.45, 7) is 4.89. The smallest absolute Gasteiger partial charge is 0.245 e. The largest absolute Gasteiger partial charge is 0.368 e. The van der Waals surface area contributed by atoms with Gasteiger partial charge in [-0.2, -0.15) is 15.0 Å². The summed E-state index contributed by atoms with van der Waals surface area (Å²) in [7, 11) is 0. The molecule has 21 heavy (non-hydrogen) atoms. The lowest BCUT2D eigenvalue weighted by Crippen LogP contribution is -2.37. The molecule has 1 aromatic heterocycles. The van der Waals surface area contributed by atoms with Crippen molar-refractivity contribution < 1.29 is 14.4 Å². The first-order valence-corrected chi connectivity index (χ1v) is 6.60. The Morgan fingerprint density at radius 3 is 2.05 bits per heavy atom. The summed E-state index contributed by atoms with van der Waals surface area (Å²) in [6.07, 6.45) is 0.439. The van der Waals surface area contributed by atoms with Crippen molar-refractivity contribution in [2.75, 3.05) is 16.0 Å². The lowest BCUT2D eigenvalue weighted by Gasteiger charge is -2.18. The third kappa shape index (κ3) is 4.20. The van der Waals surface area contributed by atoms with Gasteiger partial charge in [0.1, 0.15) is 0 Å². The number of nitrogens with zero attached hydrogens (tertiary/aromatic N) is 4. The maximum atomic E-state index is 11.9. The van der Waals surface area contributed by atoms with Gasteiger partial charge in [0.05, 0.1) is 0 Å². The molecule has 114 valence electrons. The molecule has 3 amide bonds. The molecule has 9 nitrogen and oxygen atoms in total. The summed E-state index contributed by atoms with van der Waals surface area (Å²) in [5, 5.41) is 2.41. The average molecular weight is 294 g/mol. The standard InChI is InChI=1S/C12H18N6O3/c1-4-7(19)14-11-15-10(13)16-12(17-11)18(8(20)5-2)9(21)6-3/h4-6H2,1-3H3,(H3,13,14,15,16,17,19). The third-order valence-electron chi connectivity index (χ3n) is 2.52. The van der Waals surface area contributed by atoms with Gasteiger partial charge < -0.3 is 5.73 Å². The molecule has 0 unspecified atom stereocenters. The maximum absolute atomic E-state index is 11.9. The Morgan fingerprint density at radius 2 is 1.57 bits per heavy atom. The van der Waals surface area contributed by atoms with E-state index in [0.717, 1.165) is 4.90 Å². The Kier molecular flexibility index (Phi) is 5.70. The van der Waals surface area contributed by atoms with Gasteiger partial charge in [0.15, 0.2) is 0 Å². The van der Waals surface area contributed by atoms with E-state index in [4.69, 9.17) is 5.73 Å². The SMILES string of the molecule is CCC(=O)Nc1nc(N)nc(N(C(=O)CC)C(=O)CC)n1. The molecule has 0 saturated carbocycles. The van der Waals surface area contributed by atoms with Crippen LogP contribution in [0, 0.1) is 0 Å². The fraction of sp³-hybridized carbons (Fsp3) is 0.500. The predicted molar refractivity (Wildman–Crippen MR) is 76.2 cm³/mol. The van der Waals surface area contributed by atoms with Crippen molar-refractivity contribution in [3.05, 3.63) is 0 Å². The zero-order valence-electron chi connectivity index (χ0n) is 12.2. The van der Waals surface area contributed by atoms with Crippen LogP contribution in [0.15, 0.2) is 0 Å². The minimum Gasteiger partial charge on any atom is -0.368 e. The Labute approximate surface area is 122 Å². The average Bonchev–Trinajstić information content (AvgIpc) is 2.46. The maximum Gasteiger partial charge on any atom is 0.245 e. The van der Waals surface area contributed by atoms with E-state index >= 15 is 0 Å². The van der Waals surface area contributed by atoms with Crippen molar-refractivity contribution in [3.63, 3.8) is 0 Å². The van der Waals surface area contributed by atoms with Crippen LogP contribution < -0.4 is 16.0 Å². The third-order valence-corrected chi connectivity index (χ3v) is 2.52. The normalized spacial score (nSPS) is 10.0. The molecule has 0 fully saturated rings. The van der Waals surface area contributed by atoms with Crippen LogP contribution in [0.4, 0.5) is 17.8 Å². The van der Waals surface area contributed by atoms with E-state index in [0.29, 0.717) is 0 Å². The second kappa shape index (κ2) is 7.27. The van der Waals surface area contributed by atoms with Crippen LogP contribution in [0.25, 0.3) is 0 Å². The minimum absolute atomic E-state index is 0.0952. The summed E-state index contributed by atoms with van der Waals surface area (Å²) in [6, 6.07) is 0. The Balaban J connectivity index is 3.22. The number of rotatable bonds is 5. The number of nitrogens with one attached hydrogen (secondary N) is 1. The quantitative estimate of drug-likeness (QED) is 0.807. The van der Waals surface area contributed by atoms with Crippen molar-refractivity contribution in [2.45, 2.75) is 40.0 Å². The zero-order chi connectivity index (χ0) is 16.0. The fourth-order valence-corrected chi connectivity index (χ4v) is 1.43. The second-order valence-electron chi connectivity index (χ2n) is 4.05. The van der Waals surface area contributed by atoms with Crippen molar-refractivity contribution >= 4 is 35.6 Å². The van der Waals surface area contributed by atoms with E-state index in [9.17, 15) is 14.4 Å². The number of nitrogens with two attached hydrogens (primary N) is 1. The molecule has 0 aliphatic rings. The Hall–Kier alpha value is -2.58. The van der Waals surface area contributed by atoms with Gasteiger partial charge in [0, 0.05) is 19.3 Å². The number of nitrogen functional groups attached to an aromatic ring is 1. The first kappa shape index (κ1) is 16.5. The first-order chi connectivity index (χ1) is 9.92. The van der Waals surface area contributed by atoms with Crippen molar-refractivity contribution in [1.29, 1.82) is 0 Å². The monoisotopic (exact) mass is 294 g/mol. The number of carbonyl (C=O) groups is 3. The fourth-order valence-electron chi connectivity index (χ4n) is 1.43. The van der Waals surface area contributed by atoms with Crippen LogP contribution in [0.5, 0.6) is 0 Å². The van der Waals surface area contributed by atoms with Crippen LogP contribution >= 0.6 is 0 Å². The summed E-state index contributed by atoms with van der Waals surface area (Å²) >= 11 is 0. The number of amides is 3. The number of imide groups is 1. The van der Waals surface area contributed by atoms with Crippen molar-refractivity contribution in [1.82, 2.24) is 15.0 Å². The molecule has 0 aliphatic heterocycles. The predicted octanol–water partition coefficient (Wildman–Crippen LogP) is 0.482. The summed E-state index contributed by atoms with van der Waals surface area (Å²) in [5.41, 5.74) is 5.53. The van der Waals surface area contributed by atoms with E-state index in [-0.39, 0.29) is 43.0 Å². The highest BCUT2D eigenvalue weighted by molar-refractivity contribution is 6.13. The van der Waals surface area contributed by atoms with E-state index in [1.807, 2.05) is 0 Å². The van der Waals surface area contributed by atoms with Crippen molar-refractivity contribution in [2.24, 2.45) is 0 Å². The van der Waals surface area contributed by atoms with E-state index in [1.165, 1.54) is 0 Å². The highest BCUT2D eigenvalue weighted by atomic mass is 16.2. The van der Waals surface area contributed by atoms with E-state index in [1.54, 1.807) is 20.8 Å². The number of hydrogen-bond donors (Lipinski definition) is 2. The van der Waals surface area contributed by atoms with Gasteiger partial charge in [-0.15, -0.1) is 0 Å². The number of hydrogen-bond acceptors (Lipinski definition) is 7. The Bertz CT molecular complexity index is 544. The van der Waals surface area contributed by atoms with Gasteiger partial charge in [-0.05, 0) is 0 Å². The molecular weight excluding hydrogens is 276 g/mol. The molecule has 1 rings (SSSR count). The summed E-state index contributed by atoms with van der Waals surface area (Å²) in [4.78, 5) is 47.4. The van der Waals surface area contributed by atoms with Crippen LogP contribution in [0.3, 0.4) is 0 Å². The van der Waals surface area contributed by atoms with Gasteiger partial charge in [-0.1, -0.05) is 20.8 Å². The molecule has 0 aromatic carbocycles. The number of aromatic nitrogens is 3. The van der Waals surface area contributed by atoms with Gasteiger partial charge in [-0.3, -0.25) is 19.7 Å². The number of anilines is 3. The molecule has 3 N–H and O–H groups in total. The van der Waals surface area contributed by atoms with E-state index in [2.05, 4.69) is 20.3 Å². The van der Waals surface area contributed by atoms with Crippen LogP contribution in [0.1, 0.15) is 40.0 Å². The second-order valence-corrected chi connectivity index (χ2v) is 4.05. The Morgan fingerprint density at radius 1 is 1.00 bits per heavy atom. The molecule has 0 spiro atoms. The highest BCUT2D eigenvalue weighted by Gasteiger charge is 2.24. The van der Waals surface area contributed by atoms with Gasteiger partial charge >= 0.3 is 0 Å². The lowest BCUT2D eigenvalue weighted by atomic mass is 10.3. The zero-order valence-corrected chi connectivity index (χ0v) is 12.2. The van der Waals surface area contributed by atoms with Crippen LogP contribution in [-0.2, 0) is 14.4 Å². The van der Waals surface area contributed by atoms with Gasteiger partial charge in [0.2, 0.25) is 35.6 Å². The number of carbonyl (C=O) groups excluding carboxylic acids is 3. The molecule has 9 heteroatoms.